The van der Waals surface area contributed by atoms with E-state index in [4.69, 9.17) is 4.74 Å². The maximum absolute atomic E-state index is 12.9. The molecule has 8 nitrogen and oxygen atoms in total. The highest BCUT2D eigenvalue weighted by Gasteiger charge is 2.27. The highest BCUT2D eigenvalue weighted by molar-refractivity contribution is 7.19. The fourth-order valence-corrected chi connectivity index (χ4v) is 3.54. The number of halogens is 1. The number of ether oxygens (including phenoxy) is 1. The predicted octanol–water partition coefficient (Wildman–Crippen LogP) is 3.10. The number of urea groups is 1. The number of nitrogens with one attached hydrogen (secondary N) is 2. The van der Waals surface area contributed by atoms with Crippen molar-refractivity contribution in [3.05, 3.63) is 30.1 Å². The Labute approximate surface area is 159 Å². The van der Waals surface area contributed by atoms with Gasteiger partial charge >= 0.3 is 12.0 Å². The van der Waals surface area contributed by atoms with E-state index < -0.39 is 6.03 Å². The zero-order valence-corrected chi connectivity index (χ0v) is 15.6. The number of hydrogen-bond donors (Lipinski definition) is 2. The lowest BCUT2D eigenvalue weighted by atomic mass is 9.97. The first kappa shape index (κ1) is 19.0. The number of esters is 1. The van der Waals surface area contributed by atoms with Crippen LogP contribution in [0.25, 0.3) is 0 Å². The lowest BCUT2D eigenvalue weighted by Crippen LogP contribution is -2.36. The molecule has 2 N–H and O–H groups in total. The summed E-state index contributed by atoms with van der Waals surface area (Å²) >= 11 is 1.26. The van der Waals surface area contributed by atoms with Crippen molar-refractivity contribution in [2.45, 2.75) is 19.8 Å². The molecular formula is C17H20FN5O3S. The van der Waals surface area contributed by atoms with Crippen LogP contribution in [0.4, 0.5) is 25.1 Å². The zero-order chi connectivity index (χ0) is 19.2. The second-order valence-electron chi connectivity index (χ2n) is 5.99. The van der Waals surface area contributed by atoms with Crippen LogP contribution in [-0.2, 0) is 9.53 Å². The van der Waals surface area contributed by atoms with E-state index in [-0.39, 0.29) is 17.7 Å². The summed E-state index contributed by atoms with van der Waals surface area (Å²) in [5.41, 5.74) is 0.472. The molecule has 0 radical (unpaired) electrons. The summed E-state index contributed by atoms with van der Waals surface area (Å²) in [6.07, 6.45) is 1.40. The lowest BCUT2D eigenvalue weighted by Gasteiger charge is -2.30. The van der Waals surface area contributed by atoms with Gasteiger partial charge in [0.1, 0.15) is 5.82 Å². The number of rotatable bonds is 5. The normalized spacial score (nSPS) is 14.7. The number of carbonyl (C=O) groups excluding carboxylic acids is 2. The van der Waals surface area contributed by atoms with Crippen molar-refractivity contribution in [2.24, 2.45) is 5.92 Å². The summed E-state index contributed by atoms with van der Waals surface area (Å²) in [7, 11) is 0. The van der Waals surface area contributed by atoms with E-state index in [1.807, 2.05) is 4.90 Å². The Morgan fingerprint density at radius 2 is 1.93 bits per heavy atom. The van der Waals surface area contributed by atoms with Gasteiger partial charge in [-0.3, -0.25) is 10.1 Å². The van der Waals surface area contributed by atoms with Crippen molar-refractivity contribution < 1.29 is 18.7 Å². The molecule has 1 aromatic heterocycles. The molecule has 0 saturated carbocycles. The number of carbonyl (C=O) groups is 2. The average Bonchev–Trinajstić information content (AvgIpc) is 3.12. The molecule has 2 amide bonds. The number of benzene rings is 1. The molecule has 1 aromatic carbocycles. The number of anilines is 3. The minimum Gasteiger partial charge on any atom is -0.466 e. The molecule has 27 heavy (non-hydrogen) atoms. The van der Waals surface area contributed by atoms with Crippen molar-refractivity contribution in [1.29, 1.82) is 0 Å². The van der Waals surface area contributed by atoms with Crippen LogP contribution in [0.1, 0.15) is 19.8 Å². The van der Waals surface area contributed by atoms with E-state index >= 15 is 0 Å². The minimum atomic E-state index is -0.481. The highest BCUT2D eigenvalue weighted by atomic mass is 32.1. The zero-order valence-electron chi connectivity index (χ0n) is 14.8. The van der Waals surface area contributed by atoms with Gasteiger partial charge in [-0.15, -0.1) is 10.2 Å². The third-order valence-electron chi connectivity index (χ3n) is 4.12. The largest absolute Gasteiger partial charge is 0.466 e. The Hall–Kier alpha value is -2.75. The summed E-state index contributed by atoms with van der Waals surface area (Å²) < 4.78 is 17.9. The van der Waals surface area contributed by atoms with Gasteiger partial charge in [-0.25, -0.2) is 9.18 Å². The van der Waals surface area contributed by atoms with Gasteiger partial charge in [0.25, 0.3) is 0 Å². The molecule has 0 unspecified atom stereocenters. The van der Waals surface area contributed by atoms with Gasteiger partial charge in [-0.1, -0.05) is 11.3 Å². The Balaban J connectivity index is 1.50. The quantitative estimate of drug-likeness (QED) is 0.758. The number of nitrogens with zero attached hydrogens (tertiary/aromatic N) is 3. The van der Waals surface area contributed by atoms with Crippen molar-refractivity contribution in [2.75, 3.05) is 35.2 Å². The maximum Gasteiger partial charge on any atom is 0.325 e. The Morgan fingerprint density at radius 3 is 2.59 bits per heavy atom. The molecule has 0 aliphatic carbocycles. The van der Waals surface area contributed by atoms with Gasteiger partial charge < -0.3 is 15.0 Å². The van der Waals surface area contributed by atoms with E-state index in [0.29, 0.717) is 48.5 Å². The van der Waals surface area contributed by atoms with E-state index in [1.54, 1.807) is 6.92 Å². The Morgan fingerprint density at radius 1 is 1.22 bits per heavy atom. The fraction of sp³-hybridized carbons (Fsp3) is 0.412. The van der Waals surface area contributed by atoms with Crippen LogP contribution in [0.15, 0.2) is 24.3 Å². The lowest BCUT2D eigenvalue weighted by molar-refractivity contribution is -0.148. The van der Waals surface area contributed by atoms with Crippen LogP contribution < -0.4 is 15.5 Å². The van der Waals surface area contributed by atoms with Gasteiger partial charge in [-0.05, 0) is 44.0 Å². The molecule has 0 atom stereocenters. The first-order chi connectivity index (χ1) is 13.0. The van der Waals surface area contributed by atoms with Crippen molar-refractivity contribution in [3.63, 3.8) is 0 Å². The molecule has 144 valence electrons. The second kappa shape index (κ2) is 8.76. The topological polar surface area (TPSA) is 96.4 Å². The summed E-state index contributed by atoms with van der Waals surface area (Å²) in [6.45, 7) is 3.55. The average molecular weight is 393 g/mol. The van der Waals surface area contributed by atoms with Crippen LogP contribution in [0, 0.1) is 11.7 Å². The molecule has 2 aromatic rings. The minimum absolute atomic E-state index is 0.0757. The fourth-order valence-electron chi connectivity index (χ4n) is 2.75. The SMILES string of the molecule is CCOC(=O)C1CCN(c2nnc(NC(=O)Nc3ccc(F)cc3)s2)CC1. The van der Waals surface area contributed by atoms with Crippen LogP contribution >= 0.6 is 11.3 Å². The first-order valence-electron chi connectivity index (χ1n) is 8.64. The molecule has 0 spiro atoms. The summed E-state index contributed by atoms with van der Waals surface area (Å²) in [6, 6.07) is 4.98. The Bertz CT molecular complexity index is 790. The number of hydrogen-bond acceptors (Lipinski definition) is 7. The smallest absolute Gasteiger partial charge is 0.325 e. The van der Waals surface area contributed by atoms with Crippen molar-refractivity contribution in [3.8, 4) is 0 Å². The molecule has 10 heteroatoms. The maximum atomic E-state index is 12.9. The van der Waals surface area contributed by atoms with Gasteiger partial charge in [-0.2, -0.15) is 0 Å². The van der Waals surface area contributed by atoms with Gasteiger partial charge in [0.2, 0.25) is 10.3 Å². The van der Waals surface area contributed by atoms with Gasteiger partial charge in [0, 0.05) is 18.8 Å². The van der Waals surface area contributed by atoms with E-state index in [0.717, 1.165) is 0 Å². The second-order valence-corrected chi connectivity index (χ2v) is 6.95. The third kappa shape index (κ3) is 5.13. The molecule has 1 aliphatic heterocycles. The van der Waals surface area contributed by atoms with Crippen LogP contribution in [0.2, 0.25) is 0 Å². The Kier molecular flexibility index (Phi) is 6.17. The third-order valence-corrected chi connectivity index (χ3v) is 5.02. The molecule has 0 bridgehead atoms. The monoisotopic (exact) mass is 393 g/mol. The van der Waals surface area contributed by atoms with E-state index in [2.05, 4.69) is 20.8 Å². The summed E-state index contributed by atoms with van der Waals surface area (Å²) in [4.78, 5) is 25.8. The van der Waals surface area contributed by atoms with Crippen LogP contribution in [0.3, 0.4) is 0 Å². The first-order valence-corrected chi connectivity index (χ1v) is 9.45. The predicted molar refractivity (Wildman–Crippen MR) is 101 cm³/mol. The highest BCUT2D eigenvalue weighted by Crippen LogP contribution is 2.28. The van der Waals surface area contributed by atoms with Crippen LogP contribution in [-0.4, -0.2) is 41.9 Å². The van der Waals surface area contributed by atoms with E-state index in [1.165, 1.54) is 35.6 Å². The number of piperidine rings is 1. The number of amides is 2. The molecule has 1 saturated heterocycles. The van der Waals surface area contributed by atoms with E-state index in [9.17, 15) is 14.0 Å². The van der Waals surface area contributed by atoms with Crippen molar-refractivity contribution >= 4 is 39.3 Å². The van der Waals surface area contributed by atoms with Gasteiger partial charge in [0.15, 0.2) is 0 Å². The molecule has 1 fully saturated rings. The molecule has 1 aliphatic rings. The molecular weight excluding hydrogens is 373 g/mol. The van der Waals surface area contributed by atoms with Gasteiger partial charge in [0.05, 0.1) is 12.5 Å². The standard InChI is InChI=1S/C17H20FN5O3S/c1-2-26-14(24)11-7-9-23(10-8-11)17-22-21-16(27-17)20-15(25)19-13-5-3-12(18)4-6-13/h3-6,11H,2,7-10H2,1H3,(H2,19,20,21,25). The summed E-state index contributed by atoms with van der Waals surface area (Å²) in [5.74, 6) is -0.594. The molecule has 2 heterocycles. The van der Waals surface area contributed by atoms with Crippen molar-refractivity contribution in [1.82, 2.24) is 10.2 Å². The summed E-state index contributed by atoms with van der Waals surface area (Å²) in [5, 5.41) is 14.3. The molecule has 3 rings (SSSR count). The number of aromatic nitrogens is 2. The van der Waals surface area contributed by atoms with Crippen LogP contribution in [0.5, 0.6) is 0 Å².